The highest BCUT2D eigenvalue weighted by Gasteiger charge is 2.32. The van der Waals surface area contributed by atoms with Crippen LogP contribution in [0.2, 0.25) is 0 Å². The highest BCUT2D eigenvalue weighted by atomic mass is 16.5. The summed E-state index contributed by atoms with van der Waals surface area (Å²) in [5.74, 6) is 0.233. The van der Waals surface area contributed by atoms with Gasteiger partial charge in [0.25, 0.3) is 5.91 Å². The molecule has 138 valence electrons. The zero-order valence-electron chi connectivity index (χ0n) is 14.5. The van der Waals surface area contributed by atoms with Crippen LogP contribution in [0, 0.1) is 5.92 Å². The molecule has 0 aromatic heterocycles. The summed E-state index contributed by atoms with van der Waals surface area (Å²) in [5, 5.41) is 19.7. The molecule has 2 aliphatic rings. The number of carbonyl (C=O) groups excluding carboxylic acids is 1. The van der Waals surface area contributed by atoms with Crippen molar-refractivity contribution in [2.24, 2.45) is 5.92 Å². The summed E-state index contributed by atoms with van der Waals surface area (Å²) < 4.78 is 11.4. The van der Waals surface area contributed by atoms with Crippen LogP contribution in [0.15, 0.2) is 18.2 Å². The second-order valence-electron chi connectivity index (χ2n) is 6.81. The average molecular weight is 350 g/mol. The Morgan fingerprint density at radius 2 is 2.20 bits per heavy atom. The van der Waals surface area contributed by atoms with Gasteiger partial charge in [-0.3, -0.25) is 14.9 Å². The SMILES string of the molecule is C[C@H]1COc2cc(C(=O)NO)ccc2CN1C(O)C1CCCOCC1. The van der Waals surface area contributed by atoms with Gasteiger partial charge in [0.05, 0.1) is 0 Å². The Balaban J connectivity index is 1.78. The van der Waals surface area contributed by atoms with Gasteiger partial charge < -0.3 is 14.6 Å². The molecule has 3 N–H and O–H groups in total. The average Bonchev–Trinajstić information content (AvgIpc) is 3.00. The molecule has 3 atom stereocenters. The number of aliphatic hydroxyl groups is 1. The van der Waals surface area contributed by atoms with E-state index >= 15 is 0 Å². The van der Waals surface area contributed by atoms with Crippen molar-refractivity contribution in [1.29, 1.82) is 0 Å². The molecule has 0 saturated carbocycles. The lowest BCUT2D eigenvalue weighted by Gasteiger charge is -2.35. The van der Waals surface area contributed by atoms with Crippen LogP contribution in [0.25, 0.3) is 0 Å². The Morgan fingerprint density at radius 3 is 3.00 bits per heavy atom. The third-order valence-electron chi connectivity index (χ3n) is 5.09. The second-order valence-corrected chi connectivity index (χ2v) is 6.81. The summed E-state index contributed by atoms with van der Waals surface area (Å²) in [6, 6.07) is 5.13. The van der Waals surface area contributed by atoms with E-state index < -0.39 is 12.1 Å². The van der Waals surface area contributed by atoms with Crippen LogP contribution >= 0.6 is 0 Å². The lowest BCUT2D eigenvalue weighted by molar-refractivity contribution is -0.0734. The molecule has 7 nitrogen and oxygen atoms in total. The molecule has 0 radical (unpaired) electrons. The molecule has 1 fully saturated rings. The van der Waals surface area contributed by atoms with Crippen molar-refractivity contribution >= 4 is 5.91 Å². The lowest BCUT2D eigenvalue weighted by atomic mass is 9.96. The van der Waals surface area contributed by atoms with Gasteiger partial charge in [-0.2, -0.15) is 0 Å². The van der Waals surface area contributed by atoms with E-state index in [1.54, 1.807) is 17.6 Å². The van der Waals surface area contributed by atoms with E-state index in [9.17, 15) is 9.90 Å². The number of hydrogen-bond acceptors (Lipinski definition) is 6. The molecule has 0 bridgehead atoms. The smallest absolute Gasteiger partial charge is 0.274 e. The largest absolute Gasteiger partial charge is 0.492 e. The van der Waals surface area contributed by atoms with E-state index in [1.807, 2.05) is 13.0 Å². The van der Waals surface area contributed by atoms with E-state index in [1.165, 1.54) is 0 Å². The zero-order chi connectivity index (χ0) is 17.8. The Kier molecular flexibility index (Phi) is 5.90. The number of amides is 1. The fourth-order valence-electron chi connectivity index (χ4n) is 3.54. The molecule has 2 aliphatic heterocycles. The van der Waals surface area contributed by atoms with Crippen LogP contribution in [0.4, 0.5) is 0 Å². The first kappa shape index (κ1) is 18.1. The molecular formula is C18H26N2O5. The molecule has 1 saturated heterocycles. The van der Waals surface area contributed by atoms with Crippen LogP contribution in [0.3, 0.4) is 0 Å². The van der Waals surface area contributed by atoms with Crippen molar-refractivity contribution < 1.29 is 24.6 Å². The summed E-state index contributed by atoms with van der Waals surface area (Å²) >= 11 is 0. The summed E-state index contributed by atoms with van der Waals surface area (Å²) in [5.41, 5.74) is 2.89. The van der Waals surface area contributed by atoms with Crippen molar-refractivity contribution in [3.05, 3.63) is 29.3 Å². The minimum absolute atomic E-state index is 0.0432. The van der Waals surface area contributed by atoms with Crippen LogP contribution in [0.5, 0.6) is 5.75 Å². The van der Waals surface area contributed by atoms with Gasteiger partial charge in [-0.05, 0) is 38.3 Å². The Hall–Kier alpha value is -1.67. The third-order valence-corrected chi connectivity index (χ3v) is 5.09. The van der Waals surface area contributed by atoms with E-state index in [4.69, 9.17) is 14.7 Å². The molecule has 1 amide bonds. The van der Waals surface area contributed by atoms with Gasteiger partial charge in [0.1, 0.15) is 18.6 Å². The van der Waals surface area contributed by atoms with Crippen molar-refractivity contribution in [3.63, 3.8) is 0 Å². The molecule has 25 heavy (non-hydrogen) atoms. The lowest BCUT2D eigenvalue weighted by Crippen LogP contribution is -2.46. The number of rotatable bonds is 3. The normalized spacial score (nSPS) is 25.9. The number of fused-ring (bicyclic) bond motifs is 1. The quantitative estimate of drug-likeness (QED) is 0.566. The highest BCUT2D eigenvalue weighted by Crippen LogP contribution is 2.30. The number of nitrogens with zero attached hydrogens (tertiary/aromatic N) is 1. The first-order valence-electron chi connectivity index (χ1n) is 8.82. The minimum Gasteiger partial charge on any atom is -0.492 e. The van der Waals surface area contributed by atoms with Gasteiger partial charge in [-0.15, -0.1) is 0 Å². The number of nitrogens with one attached hydrogen (secondary N) is 1. The van der Waals surface area contributed by atoms with E-state index in [0.29, 0.717) is 31.1 Å². The summed E-state index contributed by atoms with van der Waals surface area (Å²) in [4.78, 5) is 13.6. The van der Waals surface area contributed by atoms with E-state index in [2.05, 4.69) is 4.90 Å². The summed E-state index contributed by atoms with van der Waals surface area (Å²) in [6.45, 7) is 4.47. The maximum atomic E-state index is 11.6. The minimum atomic E-state index is -0.570. The summed E-state index contributed by atoms with van der Waals surface area (Å²) in [6.07, 6.45) is 2.23. The van der Waals surface area contributed by atoms with Gasteiger partial charge in [0.15, 0.2) is 0 Å². The van der Waals surface area contributed by atoms with Gasteiger partial charge in [-0.25, -0.2) is 5.48 Å². The van der Waals surface area contributed by atoms with Crippen LogP contribution in [-0.2, 0) is 11.3 Å². The molecule has 3 rings (SSSR count). The highest BCUT2D eigenvalue weighted by molar-refractivity contribution is 5.93. The maximum absolute atomic E-state index is 11.6. The van der Waals surface area contributed by atoms with Gasteiger partial charge in [0.2, 0.25) is 0 Å². The predicted molar refractivity (Wildman–Crippen MR) is 90.4 cm³/mol. The molecular weight excluding hydrogens is 324 g/mol. The van der Waals surface area contributed by atoms with Crippen LogP contribution < -0.4 is 10.2 Å². The van der Waals surface area contributed by atoms with E-state index in [-0.39, 0.29) is 12.0 Å². The summed E-state index contributed by atoms with van der Waals surface area (Å²) in [7, 11) is 0. The standard InChI is InChI=1S/C18H26N2O5/c1-12-11-25-16-9-14(17(21)19-23)4-5-15(16)10-20(12)18(22)13-3-2-7-24-8-6-13/h4-5,9,12-13,18,22-23H,2-3,6-8,10-11H2,1H3,(H,19,21)/t12-,13?,18?/m0/s1. The van der Waals surface area contributed by atoms with Crippen molar-refractivity contribution in [2.45, 2.75) is 45.0 Å². The first-order valence-corrected chi connectivity index (χ1v) is 8.82. The second kappa shape index (κ2) is 8.14. The van der Waals surface area contributed by atoms with E-state index in [0.717, 1.165) is 31.4 Å². The van der Waals surface area contributed by atoms with Crippen molar-refractivity contribution in [2.75, 3.05) is 19.8 Å². The van der Waals surface area contributed by atoms with Gasteiger partial charge >= 0.3 is 0 Å². The number of hydrogen-bond donors (Lipinski definition) is 3. The predicted octanol–water partition coefficient (Wildman–Crippen LogP) is 1.52. The molecule has 1 aromatic carbocycles. The topological polar surface area (TPSA) is 91.3 Å². The Bertz CT molecular complexity index is 601. The molecule has 1 aromatic rings. The molecule has 2 unspecified atom stereocenters. The fourth-order valence-corrected chi connectivity index (χ4v) is 3.54. The Labute approximate surface area is 147 Å². The molecule has 7 heteroatoms. The fraction of sp³-hybridized carbons (Fsp3) is 0.611. The number of aliphatic hydroxyl groups excluding tert-OH is 1. The van der Waals surface area contributed by atoms with Crippen LogP contribution in [0.1, 0.15) is 42.1 Å². The molecule has 2 heterocycles. The maximum Gasteiger partial charge on any atom is 0.274 e. The number of ether oxygens (including phenoxy) is 2. The third kappa shape index (κ3) is 4.12. The molecule has 0 aliphatic carbocycles. The number of benzene rings is 1. The van der Waals surface area contributed by atoms with Gasteiger partial charge in [-0.1, -0.05) is 6.07 Å². The number of hydroxylamine groups is 1. The van der Waals surface area contributed by atoms with Crippen molar-refractivity contribution in [3.8, 4) is 5.75 Å². The molecule has 0 spiro atoms. The number of carbonyl (C=O) groups is 1. The monoisotopic (exact) mass is 350 g/mol. The van der Waals surface area contributed by atoms with Gasteiger partial charge in [0, 0.05) is 42.8 Å². The van der Waals surface area contributed by atoms with Crippen LogP contribution in [-0.4, -0.2) is 53.2 Å². The first-order chi connectivity index (χ1) is 12.1. The van der Waals surface area contributed by atoms with Crippen molar-refractivity contribution in [1.82, 2.24) is 10.4 Å². The zero-order valence-corrected chi connectivity index (χ0v) is 14.5. The Morgan fingerprint density at radius 1 is 1.36 bits per heavy atom.